The average Bonchev–Trinajstić information content (AvgIpc) is 4.14. The van der Waals surface area contributed by atoms with Gasteiger partial charge in [-0.3, -0.25) is 8.97 Å². The molecule has 0 atom stereocenters. The Kier molecular flexibility index (Phi) is 8.34. The number of fused-ring (bicyclic) bond motifs is 11. The zero-order valence-corrected chi connectivity index (χ0v) is 37.7. The quantitative estimate of drug-likeness (QED) is 0.118. The van der Waals surface area contributed by atoms with E-state index in [0.29, 0.717) is 17.7 Å². The molecule has 0 aliphatic rings. The van der Waals surface area contributed by atoms with Gasteiger partial charge >= 0.3 is 0 Å². The Morgan fingerprint density at radius 2 is 0.851 bits per heavy atom. The van der Waals surface area contributed by atoms with Crippen molar-refractivity contribution in [2.45, 2.75) is 0 Å². The van der Waals surface area contributed by atoms with Crippen molar-refractivity contribution in [1.82, 2.24) is 33.5 Å². The van der Waals surface area contributed by atoms with Crippen LogP contribution in [-0.2, 0) is 0 Å². The molecule has 14 rings (SSSR count). The van der Waals surface area contributed by atoms with Gasteiger partial charge in [-0.05, 0) is 69.3 Å². The van der Waals surface area contributed by atoms with Crippen LogP contribution in [0.4, 0.5) is 0 Å². The van der Waals surface area contributed by atoms with E-state index in [1.807, 2.05) is 17.4 Å². The van der Waals surface area contributed by atoms with Crippen LogP contribution in [0.5, 0.6) is 0 Å². The van der Waals surface area contributed by atoms with Crippen molar-refractivity contribution < 1.29 is 0 Å². The number of para-hydroxylation sites is 6. The van der Waals surface area contributed by atoms with Crippen LogP contribution < -0.4 is 20.7 Å². The Balaban J connectivity index is 1.02. The minimum Gasteiger partial charge on any atom is -0.278 e. The number of imidazole rings is 2. The molecule has 5 heterocycles. The zero-order chi connectivity index (χ0) is 44.1. The van der Waals surface area contributed by atoms with Crippen LogP contribution in [0, 0.1) is 0 Å². The van der Waals surface area contributed by atoms with Gasteiger partial charge in [0.05, 0.1) is 33.1 Å². The van der Waals surface area contributed by atoms with Gasteiger partial charge in [-0.25, -0.2) is 9.55 Å². The number of hydrogen-bond acceptors (Lipinski definition) is 5. The molecule has 0 saturated heterocycles. The van der Waals surface area contributed by atoms with Gasteiger partial charge in [0.2, 0.25) is 17.7 Å². The third-order valence-corrected chi connectivity index (χ3v) is 19.4. The zero-order valence-electron chi connectivity index (χ0n) is 35.9. The Hall–Kier alpha value is -8.50. The molecule has 0 aliphatic carbocycles. The molecule has 7 nitrogen and oxygen atoms in total. The number of aromatic nitrogens is 7. The lowest BCUT2D eigenvalue weighted by atomic mass is 10.1. The van der Waals surface area contributed by atoms with Crippen LogP contribution in [0.3, 0.4) is 0 Å². The Bertz CT molecular complexity index is 4130. The normalized spacial score (nSPS) is 12.2. The second-order valence-corrected chi connectivity index (χ2v) is 22.0. The molecule has 67 heavy (non-hydrogen) atoms. The fraction of sp³-hybridized carbons (Fsp3) is 0. The van der Waals surface area contributed by atoms with Crippen molar-refractivity contribution in [2.24, 2.45) is 0 Å². The Labute approximate surface area is 389 Å². The summed E-state index contributed by atoms with van der Waals surface area (Å²) in [5, 5.41) is 10.1. The molecule has 314 valence electrons. The van der Waals surface area contributed by atoms with Crippen molar-refractivity contribution >= 4 is 110 Å². The Morgan fingerprint density at radius 1 is 0.343 bits per heavy atom. The van der Waals surface area contributed by atoms with E-state index in [1.165, 1.54) is 40.9 Å². The van der Waals surface area contributed by atoms with Crippen LogP contribution in [-0.4, -0.2) is 41.5 Å². The van der Waals surface area contributed by atoms with Crippen molar-refractivity contribution in [3.63, 3.8) is 0 Å². The minimum atomic E-state index is -2.92. The highest BCUT2D eigenvalue weighted by Gasteiger charge is 2.41. The van der Waals surface area contributed by atoms with Gasteiger partial charge in [0.15, 0.2) is 13.9 Å². The summed E-state index contributed by atoms with van der Waals surface area (Å²) in [4.78, 5) is 21.4. The third kappa shape index (κ3) is 5.62. The average molecular weight is 892 g/mol. The van der Waals surface area contributed by atoms with E-state index in [9.17, 15) is 0 Å². The van der Waals surface area contributed by atoms with E-state index in [-0.39, 0.29) is 0 Å². The van der Waals surface area contributed by atoms with E-state index in [0.717, 1.165) is 55.2 Å². The molecule has 0 fully saturated rings. The summed E-state index contributed by atoms with van der Waals surface area (Å²) in [5.74, 6) is 2.32. The first kappa shape index (κ1) is 37.8. The summed E-state index contributed by atoms with van der Waals surface area (Å²) in [7, 11) is -2.92. The number of rotatable bonds is 7. The highest BCUT2D eigenvalue weighted by Crippen LogP contribution is 2.35. The minimum absolute atomic E-state index is 0.487. The molecular formula is C58H37N7SSi. The van der Waals surface area contributed by atoms with Gasteiger partial charge in [0, 0.05) is 36.5 Å². The molecule has 14 aromatic rings. The van der Waals surface area contributed by atoms with Crippen molar-refractivity contribution in [2.75, 3.05) is 0 Å². The van der Waals surface area contributed by atoms with E-state index in [1.54, 1.807) is 0 Å². The third-order valence-electron chi connectivity index (χ3n) is 13.5. The molecule has 0 aliphatic heterocycles. The van der Waals surface area contributed by atoms with E-state index in [2.05, 4.69) is 232 Å². The highest BCUT2D eigenvalue weighted by atomic mass is 32.1. The summed E-state index contributed by atoms with van der Waals surface area (Å²) in [6, 6.07) is 80.9. The lowest BCUT2D eigenvalue weighted by molar-refractivity contribution is 0.885. The smallest absolute Gasteiger partial charge is 0.242 e. The van der Waals surface area contributed by atoms with Crippen molar-refractivity contribution in [1.29, 1.82) is 0 Å². The van der Waals surface area contributed by atoms with Crippen LogP contribution in [0.2, 0.25) is 0 Å². The Morgan fingerprint density at radius 3 is 1.54 bits per heavy atom. The predicted octanol–water partition coefficient (Wildman–Crippen LogP) is 11.1. The van der Waals surface area contributed by atoms with E-state index in [4.69, 9.17) is 19.9 Å². The molecule has 0 bridgehead atoms. The maximum Gasteiger partial charge on any atom is 0.242 e. The fourth-order valence-electron chi connectivity index (χ4n) is 10.6. The highest BCUT2D eigenvalue weighted by molar-refractivity contribution is 7.26. The first-order valence-electron chi connectivity index (χ1n) is 22.5. The molecule has 0 amide bonds. The fourth-order valence-corrected chi connectivity index (χ4v) is 16.4. The first-order valence-corrected chi connectivity index (χ1v) is 25.3. The summed E-state index contributed by atoms with van der Waals surface area (Å²) < 4.78 is 9.06. The predicted molar refractivity (Wildman–Crippen MR) is 279 cm³/mol. The second kappa shape index (κ2) is 14.8. The molecule has 9 aromatic carbocycles. The number of thiophene rings is 1. The molecule has 9 heteroatoms. The SMILES string of the molecule is c1ccc([Si](c2ccccc2)(c2ccc(-c3nc(-n4c5ccccc5c5ccccc54)nc(-n4c5ccccc5n5c6ccccc6nc45)n3)cc2)c2ccc3sc4ccccc4c3c2)cc1. The number of benzene rings is 9. The van der Waals surface area contributed by atoms with Crippen molar-refractivity contribution in [3.8, 4) is 23.3 Å². The van der Waals surface area contributed by atoms with Crippen LogP contribution in [0.1, 0.15) is 0 Å². The monoisotopic (exact) mass is 891 g/mol. The molecule has 0 radical (unpaired) electrons. The van der Waals surface area contributed by atoms with Crippen LogP contribution in [0.25, 0.3) is 93.1 Å². The van der Waals surface area contributed by atoms with Gasteiger partial charge in [-0.15, -0.1) is 11.3 Å². The molecule has 0 N–H and O–H groups in total. The molecule has 0 saturated carbocycles. The standard InChI is InChI=1S/C58H37N7SSi/c1-3-17-39(18-4-1)67(40-19-5-2-6-20-40,42-35-36-54-46(37-42)45-23-9-16-30-53(45)66-54)41-33-31-38(32-34-41)55-60-56(63-48-25-11-7-21-43(48)44-22-8-12-26-49(44)63)62-57(61-55)65-52-29-15-14-28-51(52)64-50-27-13-10-24-47(50)59-58(64)65/h1-37H. The van der Waals surface area contributed by atoms with E-state index < -0.39 is 8.07 Å². The summed E-state index contributed by atoms with van der Waals surface area (Å²) in [6.45, 7) is 0. The van der Waals surface area contributed by atoms with Gasteiger partial charge < -0.3 is 0 Å². The largest absolute Gasteiger partial charge is 0.278 e. The summed E-state index contributed by atoms with van der Waals surface area (Å²) in [6.07, 6.45) is 0. The second-order valence-electron chi connectivity index (χ2n) is 17.1. The molecule has 0 spiro atoms. The molecular weight excluding hydrogens is 855 g/mol. The number of nitrogens with zero attached hydrogens (tertiary/aromatic N) is 7. The van der Waals surface area contributed by atoms with Crippen LogP contribution >= 0.6 is 11.3 Å². The maximum atomic E-state index is 5.40. The van der Waals surface area contributed by atoms with Gasteiger partial charge in [-0.2, -0.15) is 15.0 Å². The summed E-state index contributed by atoms with van der Waals surface area (Å²) >= 11 is 1.86. The molecule has 5 aromatic heterocycles. The van der Waals surface area contributed by atoms with Gasteiger partial charge in [0.25, 0.3) is 0 Å². The lowest BCUT2D eigenvalue weighted by Gasteiger charge is -2.34. The van der Waals surface area contributed by atoms with E-state index >= 15 is 0 Å². The first-order chi connectivity index (χ1) is 33.2. The van der Waals surface area contributed by atoms with Gasteiger partial charge in [0.1, 0.15) is 0 Å². The van der Waals surface area contributed by atoms with Gasteiger partial charge in [-0.1, -0.05) is 176 Å². The summed E-state index contributed by atoms with van der Waals surface area (Å²) in [5.41, 5.74) is 6.83. The number of hydrogen-bond donors (Lipinski definition) is 0. The molecule has 0 unspecified atom stereocenters. The maximum absolute atomic E-state index is 5.40. The van der Waals surface area contributed by atoms with Crippen LogP contribution in [0.15, 0.2) is 224 Å². The van der Waals surface area contributed by atoms with Crippen molar-refractivity contribution in [3.05, 3.63) is 224 Å². The lowest BCUT2D eigenvalue weighted by Crippen LogP contribution is -2.74. The topological polar surface area (TPSA) is 65.8 Å².